The topological polar surface area (TPSA) is 150 Å². The Bertz CT molecular complexity index is 1200. The molecule has 10 nitrogen and oxygen atoms in total. The van der Waals surface area contributed by atoms with Gasteiger partial charge in [-0.25, -0.2) is 4.98 Å². The van der Waals surface area contributed by atoms with Gasteiger partial charge in [0.1, 0.15) is 10.7 Å². The average molecular weight is 587 g/mol. The second-order valence-electron chi connectivity index (χ2n) is 11.3. The fourth-order valence-electron chi connectivity index (χ4n) is 4.84. The van der Waals surface area contributed by atoms with Crippen LogP contribution in [-0.2, 0) is 30.3 Å². The number of thiazole rings is 1. The number of methoxy groups -OCH3 is 1. The number of nitrogens with one attached hydrogen (secondary N) is 2. The van der Waals surface area contributed by atoms with Crippen LogP contribution in [0.3, 0.4) is 0 Å². The average Bonchev–Trinajstić information content (AvgIpc) is 3.41. The lowest BCUT2D eigenvalue weighted by molar-refractivity contribution is -0.148. The van der Waals surface area contributed by atoms with Crippen molar-refractivity contribution in [3.63, 3.8) is 0 Å². The lowest BCUT2D eigenvalue weighted by Gasteiger charge is -2.38. The van der Waals surface area contributed by atoms with Crippen LogP contribution in [0.4, 0.5) is 0 Å². The predicted octanol–water partition coefficient (Wildman–Crippen LogP) is 3.70. The quantitative estimate of drug-likeness (QED) is 0.284. The number of rotatable bonds is 14. The van der Waals surface area contributed by atoms with Crippen molar-refractivity contribution in [2.45, 2.75) is 89.9 Å². The highest BCUT2D eigenvalue weighted by Crippen LogP contribution is 2.32. The van der Waals surface area contributed by atoms with E-state index in [1.807, 2.05) is 44.2 Å². The Morgan fingerprint density at radius 2 is 1.76 bits per heavy atom. The first-order valence-electron chi connectivity index (χ1n) is 14.1. The molecule has 0 radical (unpaired) electrons. The molecule has 1 aromatic carbocycles. The molecule has 1 saturated carbocycles. The molecule has 0 saturated heterocycles. The molecule has 1 fully saturated rings. The number of amides is 2. The summed E-state index contributed by atoms with van der Waals surface area (Å²) in [4.78, 5) is 54.7. The van der Waals surface area contributed by atoms with E-state index < -0.39 is 29.4 Å². The molecule has 0 bridgehead atoms. The van der Waals surface area contributed by atoms with Crippen LogP contribution in [0, 0.1) is 11.8 Å². The van der Waals surface area contributed by atoms with Gasteiger partial charge in [-0.2, -0.15) is 0 Å². The van der Waals surface area contributed by atoms with Gasteiger partial charge >= 0.3 is 11.9 Å². The summed E-state index contributed by atoms with van der Waals surface area (Å²) in [5, 5.41) is 8.14. The molecule has 41 heavy (non-hydrogen) atoms. The van der Waals surface area contributed by atoms with E-state index in [4.69, 9.17) is 15.2 Å². The van der Waals surface area contributed by atoms with E-state index in [2.05, 4.69) is 15.6 Å². The molecule has 4 N–H and O–H groups in total. The van der Waals surface area contributed by atoms with Crippen LogP contribution in [0.5, 0.6) is 0 Å². The molecule has 224 valence electrons. The molecule has 1 aliphatic rings. The largest absolute Gasteiger partial charge is 0.469 e. The number of hydrogen-bond acceptors (Lipinski definition) is 9. The third-order valence-corrected chi connectivity index (χ3v) is 8.46. The van der Waals surface area contributed by atoms with E-state index >= 15 is 0 Å². The van der Waals surface area contributed by atoms with Gasteiger partial charge in [-0.3, -0.25) is 19.2 Å². The number of nitrogens with two attached hydrogens (primary N) is 1. The molecule has 2 aromatic rings. The highest BCUT2D eigenvalue weighted by molar-refractivity contribution is 7.09. The maximum Gasteiger partial charge on any atom is 0.308 e. The summed E-state index contributed by atoms with van der Waals surface area (Å²) in [6.45, 7) is 7.03. The summed E-state index contributed by atoms with van der Waals surface area (Å²) in [7, 11) is 1.34. The van der Waals surface area contributed by atoms with Gasteiger partial charge in [0.2, 0.25) is 5.91 Å². The van der Waals surface area contributed by atoms with Crippen molar-refractivity contribution in [1.29, 1.82) is 0 Å². The number of nitrogens with zero attached hydrogens (tertiary/aromatic N) is 1. The number of benzene rings is 1. The minimum atomic E-state index is -0.849. The molecule has 1 aromatic heterocycles. The summed E-state index contributed by atoms with van der Waals surface area (Å²) in [6, 6.07) is 9.04. The maximum absolute atomic E-state index is 13.3. The summed E-state index contributed by atoms with van der Waals surface area (Å²) >= 11 is 1.21. The smallest absolute Gasteiger partial charge is 0.308 e. The van der Waals surface area contributed by atoms with Gasteiger partial charge in [-0.05, 0) is 43.6 Å². The first-order valence-corrected chi connectivity index (χ1v) is 14.9. The molecular formula is C30H42N4O6S. The molecule has 0 spiro atoms. The van der Waals surface area contributed by atoms with Crippen LogP contribution in [0.15, 0.2) is 35.7 Å². The molecular weight excluding hydrogens is 544 g/mol. The van der Waals surface area contributed by atoms with Crippen molar-refractivity contribution in [3.8, 4) is 0 Å². The molecule has 4 atom stereocenters. The molecule has 11 heteroatoms. The van der Waals surface area contributed by atoms with Crippen molar-refractivity contribution >= 4 is 35.1 Å². The zero-order chi connectivity index (χ0) is 30.2. The third kappa shape index (κ3) is 9.09. The van der Waals surface area contributed by atoms with E-state index in [9.17, 15) is 19.2 Å². The monoisotopic (exact) mass is 586 g/mol. The van der Waals surface area contributed by atoms with E-state index in [1.165, 1.54) is 25.4 Å². The molecule has 1 heterocycles. The van der Waals surface area contributed by atoms with Crippen molar-refractivity contribution in [2.75, 3.05) is 7.11 Å². The Morgan fingerprint density at radius 1 is 1.07 bits per heavy atom. The van der Waals surface area contributed by atoms with E-state index in [1.54, 1.807) is 12.3 Å². The standard InChI is InChI=1S/C30H42N4O6S/c1-18(2)23(34-29(38)30(31)12-9-13-30)16-25(40-20(4)35)27-33-24(17-41-27)26(36)32-22(14-19(3)28(37)39-5)15-21-10-7-6-8-11-21/h6-8,10-11,17-19,22-23,25H,9,12-16,31H2,1-5H3,(H,32,36)(H,34,38). The normalized spacial score (nSPS) is 17.0. The van der Waals surface area contributed by atoms with Gasteiger partial charge in [-0.15, -0.1) is 11.3 Å². The highest BCUT2D eigenvalue weighted by Gasteiger charge is 2.41. The Hall–Kier alpha value is -3.31. The number of carbonyl (C=O) groups excluding carboxylic acids is 4. The molecule has 0 aliphatic heterocycles. The van der Waals surface area contributed by atoms with Crippen LogP contribution >= 0.6 is 11.3 Å². The number of esters is 2. The van der Waals surface area contributed by atoms with Gasteiger partial charge in [-0.1, -0.05) is 51.1 Å². The molecule has 2 amide bonds. The minimum Gasteiger partial charge on any atom is -0.469 e. The van der Waals surface area contributed by atoms with Crippen molar-refractivity contribution in [1.82, 2.24) is 15.6 Å². The van der Waals surface area contributed by atoms with Crippen molar-refractivity contribution in [2.24, 2.45) is 17.6 Å². The second kappa shape index (κ2) is 14.5. The van der Waals surface area contributed by atoms with E-state index in [0.29, 0.717) is 37.1 Å². The number of hydrogen-bond donors (Lipinski definition) is 3. The SMILES string of the molecule is COC(=O)C(C)CC(Cc1ccccc1)NC(=O)c1csc(C(CC(NC(=O)C2(N)CCC2)C(C)C)OC(C)=O)n1. The Labute approximate surface area is 245 Å². The van der Waals surface area contributed by atoms with Crippen LogP contribution in [-0.4, -0.2) is 53.5 Å². The van der Waals surface area contributed by atoms with E-state index in [0.717, 1.165) is 12.0 Å². The first-order chi connectivity index (χ1) is 19.4. The van der Waals surface area contributed by atoms with Gasteiger partial charge in [0.05, 0.1) is 18.6 Å². The van der Waals surface area contributed by atoms with E-state index in [-0.39, 0.29) is 35.6 Å². The summed E-state index contributed by atoms with van der Waals surface area (Å²) in [5.74, 6) is -1.80. The van der Waals surface area contributed by atoms with Crippen molar-refractivity contribution in [3.05, 3.63) is 52.0 Å². The zero-order valence-electron chi connectivity index (χ0n) is 24.5. The van der Waals surface area contributed by atoms with Gasteiger partial charge < -0.3 is 25.8 Å². The number of carbonyl (C=O) groups is 4. The molecule has 3 rings (SSSR count). The van der Waals surface area contributed by atoms with Crippen LogP contribution in [0.1, 0.15) is 87.0 Å². The maximum atomic E-state index is 13.3. The van der Waals surface area contributed by atoms with Crippen LogP contribution in [0.25, 0.3) is 0 Å². The Balaban J connectivity index is 1.75. The molecule has 4 unspecified atom stereocenters. The van der Waals surface area contributed by atoms with Gasteiger partial charge in [0, 0.05) is 30.8 Å². The minimum absolute atomic E-state index is 0.0407. The zero-order valence-corrected chi connectivity index (χ0v) is 25.3. The highest BCUT2D eigenvalue weighted by atomic mass is 32.1. The van der Waals surface area contributed by atoms with Crippen LogP contribution < -0.4 is 16.4 Å². The Kier molecular flexibility index (Phi) is 11.4. The van der Waals surface area contributed by atoms with Crippen molar-refractivity contribution < 1.29 is 28.7 Å². The lowest BCUT2D eigenvalue weighted by Crippen LogP contribution is -2.60. The first kappa shape index (κ1) is 32.2. The van der Waals surface area contributed by atoms with Gasteiger partial charge in [0.15, 0.2) is 6.10 Å². The number of ether oxygens (including phenoxy) is 2. The summed E-state index contributed by atoms with van der Waals surface area (Å²) < 4.78 is 10.5. The fourth-order valence-corrected chi connectivity index (χ4v) is 5.68. The second-order valence-corrected chi connectivity index (χ2v) is 12.1. The Morgan fingerprint density at radius 3 is 2.32 bits per heavy atom. The lowest BCUT2D eigenvalue weighted by atomic mass is 9.76. The summed E-state index contributed by atoms with van der Waals surface area (Å²) in [5.41, 5.74) is 6.58. The number of aromatic nitrogens is 1. The van der Waals surface area contributed by atoms with Gasteiger partial charge in [0.25, 0.3) is 5.91 Å². The molecule has 1 aliphatic carbocycles. The predicted molar refractivity (Wildman–Crippen MR) is 156 cm³/mol. The third-order valence-electron chi connectivity index (χ3n) is 7.53. The summed E-state index contributed by atoms with van der Waals surface area (Å²) in [6.07, 6.45) is 2.67. The van der Waals surface area contributed by atoms with Crippen LogP contribution in [0.2, 0.25) is 0 Å². The fraction of sp³-hybridized carbons (Fsp3) is 0.567.